The van der Waals surface area contributed by atoms with Gasteiger partial charge in [0.05, 0.1) is 48.8 Å². The fraction of sp³-hybridized carbons (Fsp3) is 0.323. The third kappa shape index (κ3) is 6.34. The van der Waals surface area contributed by atoms with Crippen molar-refractivity contribution in [1.82, 2.24) is 4.57 Å². The zero-order valence-electron chi connectivity index (χ0n) is 24.1. The Hall–Kier alpha value is -3.76. The fourth-order valence-corrected chi connectivity index (χ4v) is 6.23. The summed E-state index contributed by atoms with van der Waals surface area (Å²) in [5.74, 6) is 3.85. The normalized spacial score (nSPS) is 14.6. The van der Waals surface area contributed by atoms with Gasteiger partial charge in [-0.1, -0.05) is 23.3 Å². The number of halogens is 1. The molecule has 0 fully saturated rings. The molecule has 0 saturated carbocycles. The summed E-state index contributed by atoms with van der Waals surface area (Å²) in [7, 11) is 3.08. The van der Waals surface area contributed by atoms with Gasteiger partial charge in [0, 0.05) is 9.13 Å². The molecule has 0 bridgehead atoms. The highest BCUT2D eigenvalue weighted by Gasteiger charge is 2.34. The number of fused-ring (bicyclic) bond motifs is 1. The number of methoxy groups -OCH3 is 2. The average Bonchev–Trinajstić information content (AvgIpc) is 3.25. The Kier molecular flexibility index (Phi) is 10.0. The van der Waals surface area contributed by atoms with E-state index in [-0.39, 0.29) is 30.5 Å². The van der Waals surface area contributed by atoms with Gasteiger partial charge in [-0.15, -0.1) is 6.42 Å². The molecule has 1 aliphatic heterocycles. The molecule has 3 aromatic rings. The first kappa shape index (κ1) is 31.2. The van der Waals surface area contributed by atoms with Crippen molar-refractivity contribution in [3.8, 4) is 35.3 Å². The monoisotopic (exact) mass is 702 g/mol. The second-order valence-electron chi connectivity index (χ2n) is 9.40. The molecule has 0 unspecified atom stereocenters. The van der Waals surface area contributed by atoms with Crippen LogP contribution in [0.5, 0.6) is 23.0 Å². The van der Waals surface area contributed by atoms with Crippen LogP contribution in [-0.4, -0.2) is 44.1 Å². The first-order chi connectivity index (χ1) is 20.1. The van der Waals surface area contributed by atoms with Gasteiger partial charge in [0.1, 0.15) is 6.61 Å². The lowest BCUT2D eigenvalue weighted by Crippen LogP contribution is -2.40. The summed E-state index contributed by atoms with van der Waals surface area (Å²) in [6.07, 6.45) is 7.08. The van der Waals surface area contributed by atoms with Crippen LogP contribution >= 0.6 is 33.9 Å². The Morgan fingerprint density at radius 1 is 1.19 bits per heavy atom. The molecule has 9 nitrogen and oxygen atoms in total. The molecule has 0 N–H and O–H groups in total. The molecule has 0 amide bonds. The maximum Gasteiger partial charge on any atom is 0.338 e. The lowest BCUT2D eigenvalue weighted by molar-refractivity contribution is -0.139. The largest absolute Gasteiger partial charge is 0.493 e. The van der Waals surface area contributed by atoms with Crippen LogP contribution in [0.15, 0.2) is 51.4 Å². The van der Waals surface area contributed by atoms with Gasteiger partial charge in [-0.25, -0.2) is 9.79 Å². The minimum atomic E-state index is -0.813. The molecule has 0 radical (unpaired) electrons. The van der Waals surface area contributed by atoms with E-state index in [0.717, 1.165) is 3.57 Å². The number of hydrogen-bond acceptors (Lipinski definition) is 9. The summed E-state index contributed by atoms with van der Waals surface area (Å²) in [4.78, 5) is 32.5. The standard InChI is InChI=1S/C31H31IN2O7S/c1-8-12-40-28-20(13-21(32)16-24(28)38-7)15-25-29(35)34-27(19-10-11-22(41-17(3)4)23(14-19)37-6)26(30(36)39-9-2)18(5)33-31(34)42-25/h1,10-11,13-17,27H,9,12H2,2-7H3/b25-15+/t27-/m0/s1. The maximum absolute atomic E-state index is 14.1. The lowest BCUT2D eigenvalue weighted by atomic mass is 9.95. The van der Waals surface area contributed by atoms with Crippen LogP contribution in [-0.2, 0) is 9.53 Å². The number of hydrogen-bond donors (Lipinski definition) is 0. The highest BCUT2D eigenvalue weighted by Crippen LogP contribution is 2.37. The molecular weight excluding hydrogens is 671 g/mol. The summed E-state index contributed by atoms with van der Waals surface area (Å²) in [6.45, 7) is 7.51. The Morgan fingerprint density at radius 2 is 1.93 bits per heavy atom. The van der Waals surface area contributed by atoms with E-state index in [0.29, 0.717) is 49.2 Å². The Bertz CT molecular complexity index is 1760. The van der Waals surface area contributed by atoms with Crippen molar-refractivity contribution in [2.75, 3.05) is 27.4 Å². The van der Waals surface area contributed by atoms with Gasteiger partial charge >= 0.3 is 5.97 Å². The number of carbonyl (C=O) groups is 1. The van der Waals surface area contributed by atoms with Crippen molar-refractivity contribution in [2.45, 2.75) is 39.8 Å². The number of allylic oxidation sites excluding steroid dienone is 1. The van der Waals surface area contributed by atoms with Gasteiger partial charge in [-0.05, 0) is 86.2 Å². The summed E-state index contributed by atoms with van der Waals surface area (Å²) in [5, 5.41) is 0. The van der Waals surface area contributed by atoms with Crippen molar-refractivity contribution in [3.05, 3.63) is 76.0 Å². The van der Waals surface area contributed by atoms with Crippen LogP contribution in [0, 0.1) is 15.9 Å². The molecule has 2 aromatic carbocycles. The zero-order chi connectivity index (χ0) is 30.6. The number of aromatic nitrogens is 1. The van der Waals surface area contributed by atoms with Crippen LogP contribution in [0.3, 0.4) is 0 Å². The second kappa shape index (κ2) is 13.5. The van der Waals surface area contributed by atoms with Crippen molar-refractivity contribution in [2.24, 2.45) is 4.99 Å². The number of carbonyl (C=O) groups excluding carboxylic acids is 1. The van der Waals surface area contributed by atoms with Crippen molar-refractivity contribution < 1.29 is 28.5 Å². The van der Waals surface area contributed by atoms with Crippen LogP contribution < -0.4 is 33.8 Å². The minimum Gasteiger partial charge on any atom is -0.493 e. The quantitative estimate of drug-likeness (QED) is 0.178. The summed E-state index contributed by atoms with van der Waals surface area (Å²) in [6, 6.07) is 8.24. The molecule has 0 spiro atoms. The van der Waals surface area contributed by atoms with E-state index >= 15 is 0 Å². The predicted molar refractivity (Wildman–Crippen MR) is 169 cm³/mol. The van der Waals surface area contributed by atoms with Gasteiger partial charge in [-0.2, -0.15) is 0 Å². The summed E-state index contributed by atoms with van der Waals surface area (Å²) in [5.41, 5.74) is 1.65. The van der Waals surface area contributed by atoms with E-state index in [4.69, 9.17) is 30.1 Å². The molecule has 1 aliphatic rings. The topological polar surface area (TPSA) is 97.6 Å². The fourth-order valence-electron chi connectivity index (χ4n) is 4.57. The second-order valence-corrected chi connectivity index (χ2v) is 11.7. The van der Waals surface area contributed by atoms with Crippen molar-refractivity contribution in [1.29, 1.82) is 0 Å². The minimum absolute atomic E-state index is 0.0273. The van der Waals surface area contributed by atoms with E-state index in [1.165, 1.54) is 23.0 Å². The highest BCUT2D eigenvalue weighted by atomic mass is 127. The van der Waals surface area contributed by atoms with Crippen LogP contribution in [0.2, 0.25) is 0 Å². The van der Waals surface area contributed by atoms with E-state index in [1.54, 1.807) is 39.2 Å². The number of esters is 1. The van der Waals surface area contributed by atoms with Crippen LogP contribution in [0.1, 0.15) is 44.9 Å². The third-order valence-electron chi connectivity index (χ3n) is 6.24. The van der Waals surface area contributed by atoms with E-state index in [2.05, 4.69) is 33.5 Å². The Morgan fingerprint density at radius 3 is 2.57 bits per heavy atom. The van der Waals surface area contributed by atoms with Gasteiger partial charge in [-0.3, -0.25) is 9.36 Å². The molecule has 0 saturated heterocycles. The van der Waals surface area contributed by atoms with Gasteiger partial charge in [0.15, 0.2) is 27.8 Å². The number of rotatable bonds is 10. The number of ether oxygens (including phenoxy) is 5. The molecule has 2 heterocycles. The smallest absolute Gasteiger partial charge is 0.338 e. The third-order valence-corrected chi connectivity index (χ3v) is 7.84. The number of thiazole rings is 1. The molecule has 0 aliphatic carbocycles. The SMILES string of the molecule is C#CCOc1c(/C=c2/sc3n(c2=O)[C@@H](c2ccc(OC(C)C)c(OC)c2)C(C(=O)OCC)=C(C)N=3)cc(I)cc1OC. The average molecular weight is 703 g/mol. The first-order valence-electron chi connectivity index (χ1n) is 13.1. The van der Waals surface area contributed by atoms with Crippen molar-refractivity contribution >= 4 is 46.0 Å². The molecular formula is C31H31IN2O7S. The molecule has 4 rings (SSSR count). The molecule has 1 atom stereocenters. The van der Waals surface area contributed by atoms with E-state index in [9.17, 15) is 9.59 Å². The molecule has 1 aromatic heterocycles. The number of benzene rings is 2. The van der Waals surface area contributed by atoms with E-state index in [1.807, 2.05) is 32.0 Å². The number of nitrogens with zero attached hydrogens (tertiary/aromatic N) is 2. The highest BCUT2D eigenvalue weighted by molar-refractivity contribution is 14.1. The first-order valence-corrected chi connectivity index (χ1v) is 15.0. The Balaban J connectivity index is 1.98. The molecule has 11 heteroatoms. The van der Waals surface area contributed by atoms with Crippen LogP contribution in [0.25, 0.3) is 6.08 Å². The summed E-state index contributed by atoms with van der Waals surface area (Å²) < 4.78 is 31.0. The maximum atomic E-state index is 14.1. The van der Waals surface area contributed by atoms with Gasteiger partial charge < -0.3 is 23.7 Å². The predicted octanol–water partition coefficient (Wildman–Crippen LogP) is 4.22. The van der Waals surface area contributed by atoms with Gasteiger partial charge in [0.25, 0.3) is 5.56 Å². The lowest BCUT2D eigenvalue weighted by Gasteiger charge is -2.25. The van der Waals surface area contributed by atoms with E-state index < -0.39 is 12.0 Å². The Labute approximate surface area is 261 Å². The number of terminal acetylenes is 1. The van der Waals surface area contributed by atoms with Crippen LogP contribution in [0.4, 0.5) is 0 Å². The van der Waals surface area contributed by atoms with Gasteiger partial charge in [0.2, 0.25) is 0 Å². The summed E-state index contributed by atoms with van der Waals surface area (Å²) >= 11 is 3.38. The molecule has 42 heavy (non-hydrogen) atoms. The molecule has 220 valence electrons. The van der Waals surface area contributed by atoms with Crippen molar-refractivity contribution in [3.63, 3.8) is 0 Å². The zero-order valence-corrected chi connectivity index (χ0v) is 27.1.